The molecular formula is C29H57NO4. The van der Waals surface area contributed by atoms with E-state index in [0.29, 0.717) is 6.42 Å². The summed E-state index contributed by atoms with van der Waals surface area (Å²) in [7, 11) is 4.26. The normalized spacial score (nSPS) is 12.6. The van der Waals surface area contributed by atoms with E-state index >= 15 is 0 Å². The molecule has 0 aromatic carbocycles. The molecule has 1 atom stereocenters. The molecule has 0 aliphatic rings. The predicted octanol–water partition coefficient (Wildman–Crippen LogP) is 6.57. The van der Waals surface area contributed by atoms with Gasteiger partial charge in [-0.1, -0.05) is 103 Å². The molecule has 0 saturated heterocycles. The van der Waals surface area contributed by atoms with Crippen LogP contribution in [0.15, 0.2) is 0 Å². The second kappa shape index (κ2) is 22.4. The Balaban J connectivity index is 3.75. The minimum absolute atomic E-state index is 0.0553. The van der Waals surface area contributed by atoms with Crippen LogP contribution in [0.2, 0.25) is 0 Å². The van der Waals surface area contributed by atoms with E-state index in [2.05, 4.69) is 21.0 Å². The predicted molar refractivity (Wildman–Crippen MR) is 140 cm³/mol. The van der Waals surface area contributed by atoms with Gasteiger partial charge in [-0.2, -0.15) is 0 Å². The zero-order valence-corrected chi connectivity index (χ0v) is 23.2. The lowest BCUT2D eigenvalue weighted by Gasteiger charge is -2.33. The monoisotopic (exact) mass is 483 g/mol. The molecule has 5 heteroatoms. The van der Waals surface area contributed by atoms with E-state index in [-0.39, 0.29) is 18.5 Å². The van der Waals surface area contributed by atoms with Crippen molar-refractivity contribution in [3.63, 3.8) is 0 Å². The van der Waals surface area contributed by atoms with E-state index in [1.54, 1.807) is 0 Å². The molecule has 0 aliphatic carbocycles. The van der Waals surface area contributed by atoms with Gasteiger partial charge in [0.15, 0.2) is 6.10 Å². The van der Waals surface area contributed by atoms with E-state index in [4.69, 9.17) is 4.74 Å². The minimum Gasteiger partial charge on any atom is -0.550 e. The van der Waals surface area contributed by atoms with Crippen LogP contribution < -0.4 is 5.11 Å². The van der Waals surface area contributed by atoms with Crippen molar-refractivity contribution < 1.29 is 23.9 Å². The van der Waals surface area contributed by atoms with Crippen molar-refractivity contribution in [2.45, 2.75) is 148 Å². The zero-order valence-electron chi connectivity index (χ0n) is 23.2. The summed E-state index contributed by atoms with van der Waals surface area (Å²) in [4.78, 5) is 22.1. The molecule has 0 fully saturated rings. The van der Waals surface area contributed by atoms with Gasteiger partial charge in [0.05, 0.1) is 20.6 Å². The van der Waals surface area contributed by atoms with Gasteiger partial charge in [0.2, 0.25) is 0 Å². The molecule has 0 aromatic rings. The standard InChI is InChI=1S/C29H57NO4/c1-5-6-7-8-9-10-11-12-13-14-15-16-17-18-19-20-23-28(34-27(2)31)26-30(3,4)25-22-21-24-29(32)33/h28H,5-26H2,1-4H3. The average molecular weight is 484 g/mol. The van der Waals surface area contributed by atoms with Crippen LogP contribution in [0.5, 0.6) is 0 Å². The molecular weight excluding hydrogens is 426 g/mol. The van der Waals surface area contributed by atoms with Crippen LogP contribution in [0.4, 0.5) is 0 Å². The molecule has 0 amide bonds. The maximum Gasteiger partial charge on any atom is 0.303 e. The number of carboxylic acid groups (broad SMARTS) is 1. The largest absolute Gasteiger partial charge is 0.550 e. The molecule has 1 unspecified atom stereocenters. The highest BCUT2D eigenvalue weighted by Gasteiger charge is 2.23. The topological polar surface area (TPSA) is 66.4 Å². The third-order valence-corrected chi connectivity index (χ3v) is 6.80. The Hall–Kier alpha value is -1.10. The molecule has 0 heterocycles. The van der Waals surface area contributed by atoms with Crippen LogP contribution in [0.25, 0.3) is 0 Å². The summed E-state index contributed by atoms with van der Waals surface area (Å²) in [6, 6.07) is 0. The maximum absolute atomic E-state index is 11.5. The highest BCUT2D eigenvalue weighted by molar-refractivity contribution is 5.66. The Morgan fingerprint density at radius 3 is 1.56 bits per heavy atom. The lowest BCUT2D eigenvalue weighted by atomic mass is 10.0. The lowest BCUT2D eigenvalue weighted by molar-refractivity contribution is -0.893. The number of carbonyl (C=O) groups excluding carboxylic acids is 2. The molecule has 0 radical (unpaired) electrons. The SMILES string of the molecule is CCCCCCCCCCCCCCCCCCC(C[N+](C)(C)CCCCC(=O)[O-])OC(C)=O. The maximum atomic E-state index is 11.5. The molecule has 0 aliphatic heterocycles. The Morgan fingerprint density at radius 1 is 0.706 bits per heavy atom. The second-order valence-corrected chi connectivity index (χ2v) is 11.0. The first-order valence-corrected chi connectivity index (χ1v) is 14.5. The lowest BCUT2D eigenvalue weighted by Crippen LogP contribution is -2.47. The van der Waals surface area contributed by atoms with Crippen LogP contribution in [0.1, 0.15) is 142 Å². The first-order valence-electron chi connectivity index (χ1n) is 14.5. The van der Waals surface area contributed by atoms with Gasteiger partial charge in [-0.15, -0.1) is 0 Å². The fraction of sp³-hybridized carbons (Fsp3) is 0.931. The van der Waals surface area contributed by atoms with Crippen LogP contribution in [-0.2, 0) is 14.3 Å². The van der Waals surface area contributed by atoms with E-state index in [1.165, 1.54) is 103 Å². The average Bonchev–Trinajstić information content (AvgIpc) is 2.75. The smallest absolute Gasteiger partial charge is 0.303 e. The second-order valence-electron chi connectivity index (χ2n) is 11.0. The fourth-order valence-electron chi connectivity index (χ4n) is 4.79. The van der Waals surface area contributed by atoms with Gasteiger partial charge >= 0.3 is 5.97 Å². The number of quaternary nitrogens is 1. The number of likely N-dealkylation sites (N-methyl/N-ethyl adjacent to an activating group) is 1. The van der Waals surface area contributed by atoms with Crippen molar-refractivity contribution in [2.75, 3.05) is 27.2 Å². The molecule has 0 bridgehead atoms. The summed E-state index contributed by atoms with van der Waals surface area (Å²) in [6.45, 7) is 5.42. The van der Waals surface area contributed by atoms with Crippen molar-refractivity contribution in [2.24, 2.45) is 0 Å². The number of carbonyl (C=O) groups is 2. The number of carboxylic acids is 1. The summed E-state index contributed by atoms with van der Waals surface area (Å²) in [6.07, 6.45) is 24.1. The third-order valence-electron chi connectivity index (χ3n) is 6.80. The van der Waals surface area contributed by atoms with Crippen molar-refractivity contribution in [1.82, 2.24) is 0 Å². The Kier molecular flexibility index (Phi) is 21.6. The van der Waals surface area contributed by atoms with E-state index < -0.39 is 5.97 Å². The Morgan fingerprint density at radius 2 is 1.15 bits per heavy atom. The van der Waals surface area contributed by atoms with Gasteiger partial charge in [-0.3, -0.25) is 4.79 Å². The zero-order chi connectivity index (χ0) is 25.5. The number of ether oxygens (including phenoxy) is 1. The first-order chi connectivity index (χ1) is 16.3. The van der Waals surface area contributed by atoms with Crippen molar-refractivity contribution >= 4 is 11.9 Å². The molecule has 5 nitrogen and oxygen atoms in total. The van der Waals surface area contributed by atoms with Crippen LogP contribution in [0.3, 0.4) is 0 Å². The van der Waals surface area contributed by atoms with Crippen LogP contribution in [-0.4, -0.2) is 49.7 Å². The van der Waals surface area contributed by atoms with Crippen molar-refractivity contribution in [1.29, 1.82) is 0 Å². The highest BCUT2D eigenvalue weighted by atomic mass is 16.5. The van der Waals surface area contributed by atoms with Crippen molar-refractivity contribution in [3.8, 4) is 0 Å². The van der Waals surface area contributed by atoms with Gasteiger partial charge in [0.1, 0.15) is 6.54 Å². The van der Waals surface area contributed by atoms with E-state index in [0.717, 1.165) is 36.8 Å². The van der Waals surface area contributed by atoms with Gasteiger partial charge in [-0.25, -0.2) is 0 Å². The number of rotatable bonds is 25. The Bertz CT molecular complexity index is 493. The molecule has 0 spiro atoms. The van der Waals surface area contributed by atoms with Crippen molar-refractivity contribution in [3.05, 3.63) is 0 Å². The van der Waals surface area contributed by atoms with Gasteiger partial charge < -0.3 is 19.1 Å². The summed E-state index contributed by atoms with van der Waals surface area (Å²) < 4.78 is 6.34. The molecule has 0 rings (SSSR count). The summed E-state index contributed by atoms with van der Waals surface area (Å²) in [5.74, 6) is -1.19. The van der Waals surface area contributed by atoms with E-state index in [1.807, 2.05) is 0 Å². The fourth-order valence-corrected chi connectivity index (χ4v) is 4.79. The molecule has 0 saturated carbocycles. The number of nitrogens with zero attached hydrogens (tertiary/aromatic N) is 1. The van der Waals surface area contributed by atoms with Gasteiger partial charge in [0, 0.05) is 12.9 Å². The minimum atomic E-state index is -0.980. The third kappa shape index (κ3) is 24.0. The van der Waals surface area contributed by atoms with Crippen LogP contribution in [0, 0.1) is 0 Å². The number of aliphatic carboxylic acids is 1. The molecule has 0 aromatic heterocycles. The number of unbranched alkanes of at least 4 members (excludes halogenated alkanes) is 16. The molecule has 34 heavy (non-hydrogen) atoms. The van der Waals surface area contributed by atoms with Gasteiger partial charge in [-0.05, 0) is 32.1 Å². The highest BCUT2D eigenvalue weighted by Crippen LogP contribution is 2.16. The number of esters is 1. The van der Waals surface area contributed by atoms with Crippen LogP contribution >= 0.6 is 0 Å². The van der Waals surface area contributed by atoms with E-state index in [9.17, 15) is 14.7 Å². The molecule has 0 N–H and O–H groups in total. The quantitative estimate of drug-likeness (QED) is 0.0837. The molecule has 202 valence electrons. The number of hydrogen-bond donors (Lipinski definition) is 0. The first kappa shape index (κ1) is 32.9. The summed E-state index contributed by atoms with van der Waals surface area (Å²) >= 11 is 0. The number of hydrogen-bond acceptors (Lipinski definition) is 4. The summed E-state index contributed by atoms with van der Waals surface area (Å²) in [5.41, 5.74) is 0. The summed E-state index contributed by atoms with van der Waals surface area (Å²) in [5, 5.41) is 10.6. The van der Waals surface area contributed by atoms with Gasteiger partial charge in [0.25, 0.3) is 0 Å². The Labute approximate surface area is 211 Å².